The molecule has 0 unspecified atom stereocenters. The van der Waals surface area contributed by atoms with E-state index in [1.807, 2.05) is 19.9 Å². The minimum Gasteiger partial charge on any atom is -0.462 e. The molecule has 23 heavy (non-hydrogen) atoms. The molecule has 0 saturated heterocycles. The predicted octanol–water partition coefficient (Wildman–Crippen LogP) is 2.45. The Labute approximate surface area is 136 Å². The zero-order chi connectivity index (χ0) is 17.2. The zero-order valence-corrected chi connectivity index (χ0v) is 13.6. The van der Waals surface area contributed by atoms with E-state index in [9.17, 15) is 9.59 Å². The molecule has 0 bridgehead atoms. The molecule has 1 rings (SSSR count). The summed E-state index contributed by atoms with van der Waals surface area (Å²) in [6.07, 6.45) is 1.29. The summed E-state index contributed by atoms with van der Waals surface area (Å²) in [5, 5.41) is 14.6. The van der Waals surface area contributed by atoms with E-state index in [0.29, 0.717) is 17.8 Å². The van der Waals surface area contributed by atoms with Gasteiger partial charge in [0.25, 0.3) is 5.91 Å². The van der Waals surface area contributed by atoms with Gasteiger partial charge in [-0.2, -0.15) is 5.26 Å². The Kier molecular flexibility index (Phi) is 7.34. The molecule has 2 N–H and O–H groups in total. The van der Waals surface area contributed by atoms with E-state index in [0.717, 1.165) is 0 Å². The van der Waals surface area contributed by atoms with Gasteiger partial charge in [-0.3, -0.25) is 4.79 Å². The maximum Gasteiger partial charge on any atom is 0.340 e. The second kappa shape index (κ2) is 9.26. The summed E-state index contributed by atoms with van der Waals surface area (Å²) in [5.74, 6) is -0.634. The lowest BCUT2D eigenvalue weighted by molar-refractivity contribution is -0.117. The van der Waals surface area contributed by atoms with Crippen LogP contribution in [0.25, 0.3) is 0 Å². The van der Waals surface area contributed by atoms with E-state index < -0.39 is 11.9 Å². The summed E-state index contributed by atoms with van der Waals surface area (Å²) < 4.78 is 4.97. The SMILES string of the molecule is CCOC(=O)c1ccccc1N/C=C(/C#N)C(=O)NCC(C)C. The first-order valence-electron chi connectivity index (χ1n) is 7.40. The van der Waals surface area contributed by atoms with Gasteiger partial charge in [0, 0.05) is 12.7 Å². The quantitative estimate of drug-likeness (QED) is 0.458. The summed E-state index contributed by atoms with van der Waals surface area (Å²) in [6.45, 7) is 6.40. The van der Waals surface area contributed by atoms with Gasteiger partial charge in [0.2, 0.25) is 0 Å². The average molecular weight is 315 g/mol. The topological polar surface area (TPSA) is 91.2 Å². The summed E-state index contributed by atoms with van der Waals surface area (Å²) in [4.78, 5) is 23.8. The second-order valence-electron chi connectivity index (χ2n) is 5.18. The van der Waals surface area contributed by atoms with Gasteiger partial charge in [-0.25, -0.2) is 4.79 Å². The number of anilines is 1. The van der Waals surface area contributed by atoms with Crippen LogP contribution in [0.1, 0.15) is 31.1 Å². The number of nitrogens with one attached hydrogen (secondary N) is 2. The summed E-state index contributed by atoms with van der Waals surface area (Å²) in [6, 6.07) is 8.57. The number of carbonyl (C=O) groups is 2. The first kappa shape index (κ1) is 18.2. The van der Waals surface area contributed by atoms with Crippen molar-refractivity contribution in [2.24, 2.45) is 5.92 Å². The van der Waals surface area contributed by atoms with Gasteiger partial charge < -0.3 is 15.4 Å². The minimum absolute atomic E-state index is 0.0655. The molecule has 122 valence electrons. The number of rotatable bonds is 7. The molecule has 6 nitrogen and oxygen atoms in total. The van der Waals surface area contributed by atoms with E-state index in [4.69, 9.17) is 10.00 Å². The van der Waals surface area contributed by atoms with Crippen LogP contribution in [0.15, 0.2) is 36.0 Å². The van der Waals surface area contributed by atoms with Gasteiger partial charge in [0.05, 0.1) is 17.9 Å². The van der Waals surface area contributed by atoms with Crippen molar-refractivity contribution < 1.29 is 14.3 Å². The van der Waals surface area contributed by atoms with E-state index in [2.05, 4.69) is 10.6 Å². The Hall–Kier alpha value is -2.81. The van der Waals surface area contributed by atoms with Gasteiger partial charge in [-0.05, 0) is 25.0 Å². The monoisotopic (exact) mass is 315 g/mol. The van der Waals surface area contributed by atoms with Crippen LogP contribution in [-0.4, -0.2) is 25.0 Å². The van der Waals surface area contributed by atoms with Gasteiger partial charge in [-0.15, -0.1) is 0 Å². The van der Waals surface area contributed by atoms with E-state index in [-0.39, 0.29) is 18.1 Å². The highest BCUT2D eigenvalue weighted by Crippen LogP contribution is 2.16. The van der Waals surface area contributed by atoms with Gasteiger partial charge in [0.15, 0.2) is 0 Å². The number of nitriles is 1. The smallest absolute Gasteiger partial charge is 0.340 e. The van der Waals surface area contributed by atoms with Crippen molar-refractivity contribution in [2.45, 2.75) is 20.8 Å². The third kappa shape index (κ3) is 5.83. The number of carbonyl (C=O) groups excluding carboxylic acids is 2. The van der Waals surface area contributed by atoms with Crippen LogP contribution in [0, 0.1) is 17.2 Å². The maximum atomic E-state index is 11.9. The highest BCUT2D eigenvalue weighted by molar-refractivity contribution is 5.98. The van der Waals surface area contributed by atoms with Gasteiger partial charge in [0.1, 0.15) is 11.6 Å². The van der Waals surface area contributed by atoms with Crippen molar-refractivity contribution in [3.05, 3.63) is 41.6 Å². The Morgan fingerprint density at radius 1 is 1.35 bits per heavy atom. The van der Waals surface area contributed by atoms with E-state index in [1.165, 1.54) is 6.20 Å². The van der Waals surface area contributed by atoms with Gasteiger partial charge >= 0.3 is 5.97 Å². The van der Waals surface area contributed by atoms with Crippen molar-refractivity contribution in [2.75, 3.05) is 18.5 Å². The molecule has 0 aromatic heterocycles. The molecule has 0 radical (unpaired) electrons. The normalized spacial score (nSPS) is 10.8. The molecule has 0 saturated carbocycles. The molecule has 0 aliphatic heterocycles. The highest BCUT2D eigenvalue weighted by Gasteiger charge is 2.13. The Morgan fingerprint density at radius 3 is 2.65 bits per heavy atom. The molecule has 1 aromatic rings. The Balaban J connectivity index is 2.88. The number of ether oxygens (including phenoxy) is 1. The molecule has 0 atom stereocenters. The number of esters is 1. The fourth-order valence-corrected chi connectivity index (χ4v) is 1.69. The molecule has 1 amide bonds. The van der Waals surface area contributed by atoms with Crippen molar-refractivity contribution in [3.8, 4) is 6.07 Å². The zero-order valence-electron chi connectivity index (χ0n) is 13.6. The standard InChI is InChI=1S/C17H21N3O3/c1-4-23-17(22)14-7-5-6-8-15(14)19-11-13(9-18)16(21)20-10-12(2)3/h5-8,11-12,19H,4,10H2,1-3H3,(H,20,21)/b13-11-. The lowest BCUT2D eigenvalue weighted by atomic mass is 10.1. The maximum absolute atomic E-state index is 11.9. The predicted molar refractivity (Wildman–Crippen MR) is 87.6 cm³/mol. The largest absolute Gasteiger partial charge is 0.462 e. The summed E-state index contributed by atoms with van der Waals surface area (Å²) >= 11 is 0. The van der Waals surface area contributed by atoms with Crippen LogP contribution in [0.2, 0.25) is 0 Å². The lowest BCUT2D eigenvalue weighted by Crippen LogP contribution is -2.28. The molecule has 0 spiro atoms. The Bertz CT molecular complexity index is 630. The minimum atomic E-state index is -0.466. The van der Waals surface area contributed by atoms with Crippen molar-refractivity contribution in [1.29, 1.82) is 5.26 Å². The Morgan fingerprint density at radius 2 is 2.04 bits per heavy atom. The number of hydrogen-bond donors (Lipinski definition) is 2. The number of amides is 1. The van der Waals surface area contributed by atoms with Gasteiger partial charge in [-0.1, -0.05) is 26.0 Å². The van der Waals surface area contributed by atoms with Crippen LogP contribution in [0.4, 0.5) is 5.69 Å². The average Bonchev–Trinajstić information content (AvgIpc) is 2.54. The number of para-hydroxylation sites is 1. The number of hydrogen-bond acceptors (Lipinski definition) is 5. The van der Waals surface area contributed by atoms with E-state index in [1.54, 1.807) is 31.2 Å². The third-order valence-corrected chi connectivity index (χ3v) is 2.83. The first-order chi connectivity index (χ1) is 11.0. The second-order valence-corrected chi connectivity index (χ2v) is 5.18. The first-order valence-corrected chi connectivity index (χ1v) is 7.40. The van der Waals surface area contributed by atoms with Crippen LogP contribution >= 0.6 is 0 Å². The number of nitrogens with zero attached hydrogens (tertiary/aromatic N) is 1. The fraction of sp³-hybridized carbons (Fsp3) is 0.353. The highest BCUT2D eigenvalue weighted by atomic mass is 16.5. The number of benzene rings is 1. The fourth-order valence-electron chi connectivity index (χ4n) is 1.69. The van der Waals surface area contributed by atoms with Crippen molar-refractivity contribution in [3.63, 3.8) is 0 Å². The van der Waals surface area contributed by atoms with E-state index >= 15 is 0 Å². The van der Waals surface area contributed by atoms with Crippen molar-refractivity contribution >= 4 is 17.6 Å². The molecule has 0 aliphatic rings. The van der Waals surface area contributed by atoms with Crippen LogP contribution < -0.4 is 10.6 Å². The van der Waals surface area contributed by atoms with Crippen LogP contribution in [0.3, 0.4) is 0 Å². The van der Waals surface area contributed by atoms with Crippen LogP contribution in [-0.2, 0) is 9.53 Å². The molecule has 0 fully saturated rings. The molecule has 0 aliphatic carbocycles. The molecule has 1 aromatic carbocycles. The van der Waals surface area contributed by atoms with Crippen LogP contribution in [0.5, 0.6) is 0 Å². The molecule has 0 heterocycles. The molecule has 6 heteroatoms. The lowest BCUT2D eigenvalue weighted by Gasteiger charge is -2.09. The molecular formula is C17H21N3O3. The summed E-state index contributed by atoms with van der Waals surface area (Å²) in [7, 11) is 0. The van der Waals surface area contributed by atoms with Crippen molar-refractivity contribution in [1.82, 2.24) is 5.32 Å². The summed E-state index contributed by atoms with van der Waals surface area (Å²) in [5.41, 5.74) is 0.741. The molecular weight excluding hydrogens is 294 g/mol. The third-order valence-electron chi connectivity index (χ3n) is 2.83.